The molecule has 0 radical (unpaired) electrons. The Kier molecular flexibility index (Phi) is 20.0. The maximum absolute atomic E-state index is 14.8. The van der Waals surface area contributed by atoms with Crippen molar-refractivity contribution in [2.24, 2.45) is 0 Å². The number of halogens is 2. The van der Waals surface area contributed by atoms with Gasteiger partial charge in [-0.15, -0.1) is 22.7 Å². The fraction of sp³-hybridized carbons (Fsp3) is 0.529. The molecule has 0 saturated heterocycles. The number of Topliss-reactive ketones (excluding diaryl/α,β-unsaturated/α-hetero) is 1. The zero-order chi connectivity index (χ0) is 48.9. The third-order valence-corrected chi connectivity index (χ3v) is 15.0. The first-order valence-electron chi connectivity index (χ1n) is 23.4. The number of ether oxygens (including phenoxy) is 4. The average molecular weight is 1090 g/mol. The highest BCUT2D eigenvalue weighted by Crippen LogP contribution is 2.47. The summed E-state index contributed by atoms with van der Waals surface area (Å²) >= 11 is 9.91. The quantitative estimate of drug-likeness (QED) is 0.0278. The van der Waals surface area contributed by atoms with E-state index in [0.29, 0.717) is 61.1 Å². The van der Waals surface area contributed by atoms with Crippen LogP contribution in [0.1, 0.15) is 180 Å². The number of hydrogen-bond donors (Lipinski definition) is 1. The van der Waals surface area contributed by atoms with E-state index in [2.05, 4.69) is 51.0 Å². The number of benzene rings is 2. The molecule has 0 bridgehead atoms. The van der Waals surface area contributed by atoms with Gasteiger partial charge in [-0.3, -0.25) is 24.1 Å². The Morgan fingerprint density at radius 2 is 1.16 bits per heavy atom. The van der Waals surface area contributed by atoms with Crippen LogP contribution in [-0.4, -0.2) is 78.2 Å². The summed E-state index contributed by atoms with van der Waals surface area (Å²) in [6, 6.07) is 10.9. The summed E-state index contributed by atoms with van der Waals surface area (Å²) in [4.78, 5) is 85.1. The van der Waals surface area contributed by atoms with E-state index in [4.69, 9.17) is 18.9 Å². The molecule has 2 aromatic heterocycles. The van der Waals surface area contributed by atoms with E-state index in [-0.39, 0.29) is 58.6 Å². The standard InChI is InChI=1S/C51H64Br2N2O10S2/c1-8-10-24-50(4,5)64-48(60)62-28-18-14-12-16-26-54-45(57)43-34(37-20-22-39(52)66-37)31-36-42-41(43)33(32(3)56)30-35(38-21-23-40(53)67-38)44(42)47(59)55(46(36)58)27-17-13-15-19-29-63-49(61)65-51(6,7)25-11-9-2/h20-23,30-31H,8-19,24-29H2,1-7H3,(H,54,57). The Morgan fingerprint density at radius 3 is 1.67 bits per heavy atom. The number of hydrogen-bond acceptors (Lipinski definition) is 12. The van der Waals surface area contributed by atoms with E-state index in [9.17, 15) is 28.8 Å². The normalized spacial score (nSPS) is 12.7. The van der Waals surface area contributed by atoms with Crippen LogP contribution in [0.3, 0.4) is 0 Å². The largest absolute Gasteiger partial charge is 0.508 e. The molecule has 3 heterocycles. The first kappa shape index (κ1) is 53.8. The third-order valence-electron chi connectivity index (χ3n) is 11.7. The monoisotopic (exact) mass is 1090 g/mol. The lowest BCUT2D eigenvalue weighted by Crippen LogP contribution is -2.41. The van der Waals surface area contributed by atoms with Crippen LogP contribution in [0.25, 0.3) is 31.7 Å². The number of carbonyl (C=O) groups excluding carboxylic acids is 6. The van der Waals surface area contributed by atoms with Crippen molar-refractivity contribution in [3.63, 3.8) is 0 Å². The average Bonchev–Trinajstić information content (AvgIpc) is 3.91. The molecule has 12 nitrogen and oxygen atoms in total. The lowest BCUT2D eigenvalue weighted by atomic mass is 9.82. The highest BCUT2D eigenvalue weighted by molar-refractivity contribution is 9.11. The molecule has 0 fully saturated rings. The van der Waals surface area contributed by atoms with Crippen LogP contribution < -0.4 is 5.32 Å². The number of nitrogens with one attached hydrogen (secondary N) is 1. The van der Waals surface area contributed by atoms with Gasteiger partial charge in [0.05, 0.1) is 31.9 Å². The first-order valence-corrected chi connectivity index (χ1v) is 26.7. The molecular formula is C51H64Br2N2O10S2. The fourth-order valence-electron chi connectivity index (χ4n) is 8.15. The number of thiophene rings is 2. The lowest BCUT2D eigenvalue weighted by Gasteiger charge is -2.31. The minimum Gasteiger partial charge on any atom is -0.434 e. The van der Waals surface area contributed by atoms with Crippen molar-refractivity contribution in [1.82, 2.24) is 10.2 Å². The molecule has 0 saturated carbocycles. The second-order valence-corrected chi connectivity index (χ2v) is 23.1. The van der Waals surface area contributed by atoms with Gasteiger partial charge in [0.25, 0.3) is 17.7 Å². The molecule has 1 N–H and O–H groups in total. The summed E-state index contributed by atoms with van der Waals surface area (Å²) < 4.78 is 23.3. The molecule has 16 heteroatoms. The predicted octanol–water partition coefficient (Wildman–Crippen LogP) is 14.7. The smallest absolute Gasteiger partial charge is 0.434 e. The molecule has 0 atom stereocenters. The highest BCUT2D eigenvalue weighted by atomic mass is 79.9. The van der Waals surface area contributed by atoms with Crippen LogP contribution in [0.4, 0.5) is 9.59 Å². The minimum absolute atomic E-state index is 0.144. The Labute approximate surface area is 419 Å². The highest BCUT2D eigenvalue weighted by Gasteiger charge is 2.39. The Bertz CT molecular complexity index is 2420. The van der Waals surface area contributed by atoms with Crippen LogP contribution in [0.5, 0.6) is 0 Å². The molecule has 364 valence electrons. The fourth-order valence-corrected chi connectivity index (χ4v) is 11.0. The number of ketones is 1. The van der Waals surface area contributed by atoms with Crippen molar-refractivity contribution >= 4 is 101 Å². The molecule has 5 rings (SSSR count). The number of imide groups is 1. The number of unbranched alkanes of at least 4 members (excludes halogenated alkanes) is 8. The van der Waals surface area contributed by atoms with Crippen molar-refractivity contribution in [3.05, 3.63) is 66.2 Å². The molecule has 3 amide bonds. The zero-order valence-electron chi connectivity index (χ0n) is 39.8. The van der Waals surface area contributed by atoms with Gasteiger partial charge in [0, 0.05) is 55.9 Å². The summed E-state index contributed by atoms with van der Waals surface area (Å²) in [6.45, 7) is 14.0. The summed E-state index contributed by atoms with van der Waals surface area (Å²) in [7, 11) is 0. The third kappa shape index (κ3) is 14.7. The zero-order valence-corrected chi connectivity index (χ0v) is 44.6. The Hall–Kier alpha value is -4.12. The first-order chi connectivity index (χ1) is 31.9. The number of nitrogens with zero attached hydrogens (tertiary/aromatic N) is 1. The Morgan fingerprint density at radius 1 is 0.642 bits per heavy atom. The second-order valence-electron chi connectivity index (χ2n) is 18.2. The van der Waals surface area contributed by atoms with Gasteiger partial charge in [0.2, 0.25) is 0 Å². The second kappa shape index (κ2) is 24.9. The number of amides is 3. The molecule has 67 heavy (non-hydrogen) atoms. The maximum atomic E-state index is 14.8. The van der Waals surface area contributed by atoms with Crippen molar-refractivity contribution in [2.45, 2.75) is 150 Å². The van der Waals surface area contributed by atoms with E-state index >= 15 is 0 Å². The SMILES string of the molecule is CCCCC(C)(C)OC(=O)OCCCCCCNC(=O)c1c(-c2ccc(Br)s2)cc2c3c(c(-c4ccc(Br)s4)cc(C(C)=O)c13)C(=O)N(CCCCCCOC(=O)OC(C)(C)CCCC)C2=O. The number of rotatable bonds is 26. The van der Waals surface area contributed by atoms with Gasteiger partial charge >= 0.3 is 12.3 Å². The van der Waals surface area contributed by atoms with E-state index in [1.807, 2.05) is 52.0 Å². The van der Waals surface area contributed by atoms with E-state index in [1.54, 1.807) is 12.1 Å². The van der Waals surface area contributed by atoms with Crippen LogP contribution in [0, 0.1) is 0 Å². The molecule has 4 aromatic rings. The van der Waals surface area contributed by atoms with E-state index in [1.165, 1.54) is 34.5 Å². The summed E-state index contributed by atoms with van der Waals surface area (Å²) in [5.74, 6) is -1.74. The van der Waals surface area contributed by atoms with Gasteiger partial charge in [0.15, 0.2) is 5.78 Å². The molecule has 1 aliphatic rings. The van der Waals surface area contributed by atoms with Gasteiger partial charge in [-0.25, -0.2) is 9.59 Å². The lowest BCUT2D eigenvalue weighted by molar-refractivity contribution is -0.0228. The van der Waals surface area contributed by atoms with Crippen LogP contribution >= 0.6 is 54.5 Å². The van der Waals surface area contributed by atoms with E-state index in [0.717, 1.165) is 63.8 Å². The summed E-state index contributed by atoms with van der Waals surface area (Å²) in [5, 5.41) is 3.63. The van der Waals surface area contributed by atoms with Gasteiger partial charge in [-0.2, -0.15) is 0 Å². The Balaban J connectivity index is 1.36. The molecular weight excluding hydrogens is 1020 g/mol. The van der Waals surface area contributed by atoms with Gasteiger partial charge < -0.3 is 24.3 Å². The predicted molar refractivity (Wildman–Crippen MR) is 273 cm³/mol. The van der Waals surface area contributed by atoms with Gasteiger partial charge in [-0.05, 0) is 167 Å². The maximum Gasteiger partial charge on any atom is 0.508 e. The van der Waals surface area contributed by atoms with Gasteiger partial charge in [0.1, 0.15) is 11.2 Å². The topological polar surface area (TPSA) is 155 Å². The molecule has 2 aromatic carbocycles. The van der Waals surface area contributed by atoms with E-state index < -0.39 is 41.2 Å². The molecule has 0 spiro atoms. The molecule has 0 unspecified atom stereocenters. The van der Waals surface area contributed by atoms with Crippen LogP contribution in [0.2, 0.25) is 0 Å². The van der Waals surface area contributed by atoms with Crippen molar-refractivity contribution in [2.75, 3.05) is 26.3 Å². The van der Waals surface area contributed by atoms with Gasteiger partial charge in [-0.1, -0.05) is 39.5 Å². The van der Waals surface area contributed by atoms with Crippen LogP contribution in [0.15, 0.2) is 44.0 Å². The van der Waals surface area contributed by atoms with Crippen LogP contribution in [-0.2, 0) is 18.9 Å². The van der Waals surface area contributed by atoms with Crippen molar-refractivity contribution < 1.29 is 47.7 Å². The number of carbonyl (C=O) groups is 6. The molecule has 1 aliphatic heterocycles. The summed E-state index contributed by atoms with van der Waals surface area (Å²) in [5.41, 5.74) is 0.764. The van der Waals surface area contributed by atoms with Crippen molar-refractivity contribution in [1.29, 1.82) is 0 Å². The summed E-state index contributed by atoms with van der Waals surface area (Å²) in [6.07, 6.45) is 9.34. The van der Waals surface area contributed by atoms with Crippen molar-refractivity contribution in [3.8, 4) is 20.9 Å². The molecule has 0 aliphatic carbocycles. The minimum atomic E-state index is -0.688.